The molecule has 0 spiro atoms. The number of aryl methyl sites for hydroxylation is 2. The van der Waals surface area contributed by atoms with Gasteiger partial charge in [-0.25, -0.2) is 0 Å². The summed E-state index contributed by atoms with van der Waals surface area (Å²) < 4.78 is 1.88. The number of aliphatic hydroxyl groups is 1. The van der Waals surface area contributed by atoms with Gasteiger partial charge in [0, 0.05) is 38.9 Å². The number of carbonyl (C=O) groups is 1. The van der Waals surface area contributed by atoms with Crippen LogP contribution >= 0.6 is 0 Å². The van der Waals surface area contributed by atoms with E-state index in [1.165, 1.54) is 5.56 Å². The summed E-state index contributed by atoms with van der Waals surface area (Å²) in [4.78, 5) is 14.4. The van der Waals surface area contributed by atoms with E-state index in [2.05, 4.69) is 12.0 Å². The van der Waals surface area contributed by atoms with Gasteiger partial charge >= 0.3 is 0 Å². The van der Waals surface area contributed by atoms with Gasteiger partial charge in [0.15, 0.2) is 0 Å². The summed E-state index contributed by atoms with van der Waals surface area (Å²) in [7, 11) is 1.94. The maximum absolute atomic E-state index is 12.4. The van der Waals surface area contributed by atoms with Gasteiger partial charge in [-0.1, -0.05) is 0 Å². The number of aromatic nitrogens is 2. The van der Waals surface area contributed by atoms with Crippen LogP contribution in [0, 0.1) is 19.8 Å². The van der Waals surface area contributed by atoms with Crippen molar-refractivity contribution in [2.24, 2.45) is 13.0 Å². The Balaban J connectivity index is 1.89. The maximum atomic E-state index is 12.4. The van der Waals surface area contributed by atoms with Crippen molar-refractivity contribution in [2.75, 3.05) is 19.7 Å². The largest absolute Gasteiger partial charge is 0.396 e. The third-order valence-electron chi connectivity index (χ3n) is 4.66. The standard InChI is InChI=1S/C16H27N3O2/c1-12-15(13(2)18(3)17-12)6-7-16(21)19-9-4-5-14(11-19)8-10-20/h14,20H,4-11H2,1-3H3. The van der Waals surface area contributed by atoms with Crippen molar-refractivity contribution >= 4 is 5.91 Å². The van der Waals surface area contributed by atoms with Crippen LogP contribution in [0.15, 0.2) is 0 Å². The fourth-order valence-electron chi connectivity index (χ4n) is 3.28. The Hall–Kier alpha value is -1.36. The zero-order valence-electron chi connectivity index (χ0n) is 13.4. The van der Waals surface area contributed by atoms with Gasteiger partial charge in [-0.2, -0.15) is 5.10 Å². The Labute approximate surface area is 126 Å². The van der Waals surface area contributed by atoms with E-state index >= 15 is 0 Å². The predicted octanol–water partition coefficient (Wildman–Crippen LogP) is 1.59. The highest BCUT2D eigenvalue weighted by molar-refractivity contribution is 5.76. The summed E-state index contributed by atoms with van der Waals surface area (Å²) in [6.07, 6.45) is 4.32. The predicted molar refractivity (Wildman–Crippen MR) is 82.0 cm³/mol. The lowest BCUT2D eigenvalue weighted by molar-refractivity contribution is -0.133. The van der Waals surface area contributed by atoms with Gasteiger partial charge in [0.25, 0.3) is 0 Å². The Morgan fingerprint density at radius 1 is 1.43 bits per heavy atom. The minimum atomic E-state index is 0.223. The molecule has 1 fully saturated rings. The van der Waals surface area contributed by atoms with E-state index in [-0.39, 0.29) is 12.5 Å². The van der Waals surface area contributed by atoms with Crippen LogP contribution in [0.2, 0.25) is 0 Å². The summed E-state index contributed by atoms with van der Waals surface area (Å²) >= 11 is 0. The van der Waals surface area contributed by atoms with E-state index in [0.29, 0.717) is 12.3 Å². The first-order valence-corrected chi connectivity index (χ1v) is 7.90. The highest BCUT2D eigenvalue weighted by Crippen LogP contribution is 2.21. The number of likely N-dealkylation sites (tertiary alicyclic amines) is 1. The normalized spacial score (nSPS) is 19.0. The number of amides is 1. The molecule has 1 aliphatic rings. The number of hydrogen-bond acceptors (Lipinski definition) is 3. The van der Waals surface area contributed by atoms with Crippen molar-refractivity contribution in [3.05, 3.63) is 17.0 Å². The van der Waals surface area contributed by atoms with E-state index in [0.717, 1.165) is 50.2 Å². The quantitative estimate of drug-likeness (QED) is 0.897. The van der Waals surface area contributed by atoms with Crippen molar-refractivity contribution in [2.45, 2.75) is 46.0 Å². The molecule has 1 saturated heterocycles. The second-order valence-corrected chi connectivity index (χ2v) is 6.13. The first-order chi connectivity index (χ1) is 10.0. The summed E-state index contributed by atoms with van der Waals surface area (Å²) in [6, 6.07) is 0. The average molecular weight is 293 g/mol. The minimum absolute atomic E-state index is 0.223. The molecule has 1 atom stereocenters. The van der Waals surface area contributed by atoms with E-state index in [1.54, 1.807) is 0 Å². The van der Waals surface area contributed by atoms with Gasteiger partial charge in [0.05, 0.1) is 5.69 Å². The van der Waals surface area contributed by atoms with Gasteiger partial charge in [0.1, 0.15) is 0 Å². The van der Waals surface area contributed by atoms with Crippen molar-refractivity contribution in [1.82, 2.24) is 14.7 Å². The molecule has 118 valence electrons. The second-order valence-electron chi connectivity index (χ2n) is 6.13. The zero-order chi connectivity index (χ0) is 15.4. The molecule has 1 N–H and O–H groups in total. The van der Waals surface area contributed by atoms with Crippen LogP contribution in [-0.4, -0.2) is 45.4 Å². The summed E-state index contributed by atoms with van der Waals surface area (Å²) in [6.45, 7) is 5.96. The monoisotopic (exact) mass is 293 g/mol. The molecule has 0 bridgehead atoms. The van der Waals surface area contributed by atoms with E-state index in [9.17, 15) is 4.79 Å². The van der Waals surface area contributed by atoms with Gasteiger partial charge in [-0.15, -0.1) is 0 Å². The Kier molecular flexibility index (Phi) is 5.39. The molecule has 1 unspecified atom stereocenters. The molecule has 2 rings (SSSR count). The van der Waals surface area contributed by atoms with Crippen LogP contribution in [0.4, 0.5) is 0 Å². The molecule has 0 saturated carbocycles. The lowest BCUT2D eigenvalue weighted by Gasteiger charge is -2.32. The lowest BCUT2D eigenvalue weighted by Crippen LogP contribution is -2.40. The number of aliphatic hydroxyl groups excluding tert-OH is 1. The SMILES string of the molecule is Cc1nn(C)c(C)c1CCC(=O)N1CCCC(CCO)C1. The number of piperidine rings is 1. The van der Waals surface area contributed by atoms with Crippen LogP contribution in [0.25, 0.3) is 0 Å². The smallest absolute Gasteiger partial charge is 0.222 e. The number of rotatable bonds is 5. The van der Waals surface area contributed by atoms with Crippen LogP contribution in [0.1, 0.15) is 42.6 Å². The number of nitrogens with zero attached hydrogens (tertiary/aromatic N) is 3. The van der Waals surface area contributed by atoms with Crippen LogP contribution in [0.3, 0.4) is 0 Å². The summed E-state index contributed by atoms with van der Waals surface area (Å²) in [5.41, 5.74) is 3.38. The molecule has 1 aromatic rings. The molecule has 1 aliphatic heterocycles. The number of carbonyl (C=O) groups excluding carboxylic acids is 1. The van der Waals surface area contributed by atoms with Crippen molar-refractivity contribution < 1.29 is 9.90 Å². The molecular weight excluding hydrogens is 266 g/mol. The van der Waals surface area contributed by atoms with Crippen molar-refractivity contribution in [3.63, 3.8) is 0 Å². The molecule has 1 aromatic heterocycles. The lowest BCUT2D eigenvalue weighted by atomic mass is 9.94. The van der Waals surface area contributed by atoms with Crippen molar-refractivity contribution in [3.8, 4) is 0 Å². The molecule has 0 radical (unpaired) electrons. The van der Waals surface area contributed by atoms with E-state index < -0.39 is 0 Å². The molecule has 5 heteroatoms. The Bertz CT molecular complexity index is 494. The van der Waals surface area contributed by atoms with Crippen LogP contribution < -0.4 is 0 Å². The Morgan fingerprint density at radius 2 is 2.19 bits per heavy atom. The molecular formula is C16H27N3O2. The summed E-state index contributed by atoms with van der Waals surface area (Å²) in [5.74, 6) is 0.704. The maximum Gasteiger partial charge on any atom is 0.222 e. The fraction of sp³-hybridized carbons (Fsp3) is 0.750. The topological polar surface area (TPSA) is 58.4 Å². The van der Waals surface area contributed by atoms with Gasteiger partial charge < -0.3 is 10.0 Å². The third-order valence-corrected chi connectivity index (χ3v) is 4.66. The zero-order valence-corrected chi connectivity index (χ0v) is 13.4. The third kappa shape index (κ3) is 3.84. The fourth-order valence-corrected chi connectivity index (χ4v) is 3.28. The molecule has 0 aromatic carbocycles. The molecule has 2 heterocycles. The van der Waals surface area contributed by atoms with Crippen LogP contribution in [-0.2, 0) is 18.3 Å². The molecule has 21 heavy (non-hydrogen) atoms. The highest BCUT2D eigenvalue weighted by Gasteiger charge is 2.23. The Morgan fingerprint density at radius 3 is 2.81 bits per heavy atom. The van der Waals surface area contributed by atoms with Gasteiger partial charge in [0.2, 0.25) is 5.91 Å². The molecule has 5 nitrogen and oxygen atoms in total. The highest BCUT2D eigenvalue weighted by atomic mass is 16.3. The minimum Gasteiger partial charge on any atom is -0.396 e. The van der Waals surface area contributed by atoms with Gasteiger partial charge in [-0.3, -0.25) is 9.48 Å². The van der Waals surface area contributed by atoms with Gasteiger partial charge in [-0.05, 0) is 51.0 Å². The average Bonchev–Trinajstić information content (AvgIpc) is 2.70. The van der Waals surface area contributed by atoms with Crippen LogP contribution in [0.5, 0.6) is 0 Å². The molecule has 1 amide bonds. The first-order valence-electron chi connectivity index (χ1n) is 7.90. The van der Waals surface area contributed by atoms with Crippen molar-refractivity contribution in [1.29, 1.82) is 0 Å². The molecule has 0 aliphatic carbocycles. The summed E-state index contributed by atoms with van der Waals surface area (Å²) in [5, 5.41) is 13.4. The van der Waals surface area contributed by atoms with E-state index in [1.807, 2.05) is 23.6 Å². The number of hydrogen-bond donors (Lipinski definition) is 1. The second kappa shape index (κ2) is 7.07. The first kappa shape index (κ1) is 16.0. The van der Waals surface area contributed by atoms with E-state index in [4.69, 9.17) is 5.11 Å².